The van der Waals surface area contributed by atoms with Gasteiger partial charge in [0.2, 0.25) is 6.29 Å². The highest BCUT2D eigenvalue weighted by atomic mass is 16.8. The molecule has 180 valence electrons. The van der Waals surface area contributed by atoms with E-state index in [-0.39, 0.29) is 11.4 Å². The molecule has 2 heterocycles. The van der Waals surface area contributed by atoms with E-state index in [1.165, 1.54) is 12.1 Å². The second-order valence-corrected chi connectivity index (χ2v) is 7.37. The number of aliphatic hydroxyl groups excluding tert-OH is 7. The van der Waals surface area contributed by atoms with Gasteiger partial charge in [0.05, 0.1) is 18.1 Å². The van der Waals surface area contributed by atoms with Crippen LogP contribution >= 0.6 is 0 Å². The first kappa shape index (κ1) is 24.7. The van der Waals surface area contributed by atoms with Crippen LogP contribution < -0.4 is 4.74 Å². The summed E-state index contributed by atoms with van der Waals surface area (Å²) >= 11 is 0. The zero-order valence-corrected chi connectivity index (χ0v) is 16.5. The highest BCUT2D eigenvalue weighted by molar-refractivity contribution is 5.36. The number of ether oxygens (including phenoxy) is 4. The summed E-state index contributed by atoms with van der Waals surface area (Å²) in [5.74, 6) is 0.0586. The molecule has 1 aromatic rings. The van der Waals surface area contributed by atoms with Gasteiger partial charge in [-0.25, -0.2) is 0 Å². The lowest BCUT2D eigenvalue weighted by molar-refractivity contribution is -0.384. The Kier molecular flexibility index (Phi) is 7.94. The quantitative estimate of drug-likeness (QED) is 0.155. The lowest BCUT2D eigenvalue weighted by Crippen LogP contribution is -2.65. The van der Waals surface area contributed by atoms with Crippen molar-refractivity contribution in [1.29, 1.82) is 0 Å². The smallest absolute Gasteiger partial charge is 0.269 e. The first-order chi connectivity index (χ1) is 15.2. The monoisotopic (exact) mass is 463 g/mol. The molecule has 0 radical (unpaired) electrons. The van der Waals surface area contributed by atoms with Gasteiger partial charge in [0.15, 0.2) is 12.4 Å². The summed E-state index contributed by atoms with van der Waals surface area (Å²) in [7, 11) is 0. The number of non-ortho nitro benzene ring substituents is 1. The van der Waals surface area contributed by atoms with E-state index < -0.39 is 79.5 Å². The first-order valence-electron chi connectivity index (χ1n) is 9.67. The van der Waals surface area contributed by atoms with Crippen molar-refractivity contribution in [3.05, 3.63) is 34.4 Å². The van der Waals surface area contributed by atoms with Crippen molar-refractivity contribution in [3.63, 3.8) is 0 Å². The van der Waals surface area contributed by atoms with E-state index in [1.54, 1.807) is 0 Å². The summed E-state index contributed by atoms with van der Waals surface area (Å²) in [6, 6.07) is 4.80. The largest absolute Gasteiger partial charge is 0.462 e. The summed E-state index contributed by atoms with van der Waals surface area (Å²) in [4.78, 5) is 10.2. The minimum Gasteiger partial charge on any atom is -0.462 e. The van der Waals surface area contributed by atoms with Gasteiger partial charge in [-0.05, 0) is 12.1 Å². The van der Waals surface area contributed by atoms with Gasteiger partial charge in [-0.15, -0.1) is 0 Å². The van der Waals surface area contributed by atoms with Gasteiger partial charge in [-0.2, -0.15) is 0 Å². The molecule has 10 unspecified atom stereocenters. The van der Waals surface area contributed by atoms with E-state index in [1.807, 2.05) is 0 Å². The normalized spacial score (nSPS) is 40.1. The van der Waals surface area contributed by atoms with Crippen LogP contribution in [0.2, 0.25) is 0 Å². The van der Waals surface area contributed by atoms with Gasteiger partial charge in [0.1, 0.15) is 48.5 Å². The average Bonchev–Trinajstić information content (AvgIpc) is 2.78. The topological polar surface area (TPSA) is 222 Å². The molecule has 0 bridgehead atoms. The lowest BCUT2D eigenvalue weighted by Gasteiger charge is -2.45. The van der Waals surface area contributed by atoms with E-state index in [2.05, 4.69) is 0 Å². The zero-order valence-electron chi connectivity index (χ0n) is 16.5. The van der Waals surface area contributed by atoms with Crippen molar-refractivity contribution < 1.29 is 59.6 Å². The third kappa shape index (κ3) is 4.99. The molecule has 32 heavy (non-hydrogen) atoms. The third-order valence-corrected chi connectivity index (χ3v) is 5.26. The van der Waals surface area contributed by atoms with Crippen molar-refractivity contribution in [2.24, 2.45) is 0 Å². The van der Waals surface area contributed by atoms with E-state index in [0.717, 1.165) is 12.1 Å². The Morgan fingerprint density at radius 3 is 1.88 bits per heavy atom. The minimum absolute atomic E-state index is 0.0586. The van der Waals surface area contributed by atoms with Gasteiger partial charge in [-0.3, -0.25) is 10.1 Å². The number of nitro groups is 1. The highest BCUT2D eigenvalue weighted by Gasteiger charge is 2.51. The van der Waals surface area contributed by atoms with Crippen LogP contribution in [0.4, 0.5) is 5.69 Å². The second kappa shape index (κ2) is 10.3. The van der Waals surface area contributed by atoms with Gasteiger partial charge >= 0.3 is 0 Å². The molecule has 0 saturated carbocycles. The number of rotatable bonds is 7. The maximum Gasteiger partial charge on any atom is 0.269 e. The van der Waals surface area contributed by atoms with E-state index in [9.17, 15) is 45.9 Å². The van der Waals surface area contributed by atoms with E-state index >= 15 is 0 Å². The predicted molar refractivity (Wildman–Crippen MR) is 100 cm³/mol. The van der Waals surface area contributed by atoms with Crippen molar-refractivity contribution in [2.45, 2.75) is 61.4 Å². The zero-order chi connectivity index (χ0) is 23.6. The molecule has 0 spiro atoms. The van der Waals surface area contributed by atoms with Gasteiger partial charge in [-0.1, -0.05) is 0 Å². The molecule has 0 aliphatic carbocycles. The Bertz CT molecular complexity index is 762. The number of benzene rings is 1. The Balaban J connectivity index is 1.81. The Labute approximate surface area is 180 Å². The van der Waals surface area contributed by atoms with Crippen LogP contribution in [0.1, 0.15) is 0 Å². The molecule has 0 amide bonds. The van der Waals surface area contributed by atoms with Crippen LogP contribution in [0.3, 0.4) is 0 Å². The van der Waals surface area contributed by atoms with Crippen LogP contribution in [0.5, 0.6) is 5.75 Å². The summed E-state index contributed by atoms with van der Waals surface area (Å²) in [6.45, 7) is -1.41. The van der Waals surface area contributed by atoms with Crippen LogP contribution in [0, 0.1) is 10.1 Å². The lowest BCUT2D eigenvalue weighted by atomic mass is 9.97. The standard InChI is InChI=1S/C18H25NO13/c20-5-9-11(22)13(24)15(26)17(30-9)32-16-14(25)12(23)10(6-21)31-18(16)29-8-3-1-7(2-4-8)19(27)28/h1-4,9-18,20-26H,5-6H2. The summed E-state index contributed by atoms with van der Waals surface area (Å²) < 4.78 is 21.8. The summed E-state index contributed by atoms with van der Waals surface area (Å²) in [5.41, 5.74) is -0.209. The summed E-state index contributed by atoms with van der Waals surface area (Å²) in [5, 5.41) is 80.3. The molecule has 0 aromatic heterocycles. The molecule has 2 fully saturated rings. The van der Waals surface area contributed by atoms with Gasteiger partial charge < -0.3 is 54.7 Å². The van der Waals surface area contributed by atoms with Crippen molar-refractivity contribution in [1.82, 2.24) is 0 Å². The second-order valence-electron chi connectivity index (χ2n) is 7.37. The van der Waals surface area contributed by atoms with Crippen molar-refractivity contribution in [2.75, 3.05) is 13.2 Å². The number of nitrogens with zero attached hydrogens (tertiary/aromatic N) is 1. The average molecular weight is 463 g/mol. The molecule has 14 nitrogen and oxygen atoms in total. The van der Waals surface area contributed by atoms with Gasteiger partial charge in [0, 0.05) is 12.1 Å². The maximum absolute atomic E-state index is 10.8. The summed E-state index contributed by atoms with van der Waals surface area (Å²) in [6.07, 6.45) is -15.8. The molecule has 3 rings (SSSR count). The number of nitro benzene ring substituents is 1. The molecule has 2 aliphatic rings. The van der Waals surface area contributed by atoms with Gasteiger partial charge in [0.25, 0.3) is 5.69 Å². The van der Waals surface area contributed by atoms with Crippen LogP contribution in [0.15, 0.2) is 24.3 Å². The van der Waals surface area contributed by atoms with E-state index in [0.29, 0.717) is 0 Å². The predicted octanol–water partition coefficient (Wildman–Crippen LogP) is -3.40. The molecule has 2 aliphatic heterocycles. The fourth-order valence-corrected chi connectivity index (χ4v) is 3.41. The molecule has 1 aromatic carbocycles. The van der Waals surface area contributed by atoms with Crippen molar-refractivity contribution in [3.8, 4) is 5.75 Å². The Hall–Kier alpha value is -1.98. The minimum atomic E-state index is -1.80. The fraction of sp³-hybridized carbons (Fsp3) is 0.667. The first-order valence-corrected chi connectivity index (χ1v) is 9.67. The van der Waals surface area contributed by atoms with Crippen LogP contribution in [-0.2, 0) is 14.2 Å². The fourth-order valence-electron chi connectivity index (χ4n) is 3.41. The molecule has 2 saturated heterocycles. The molecular formula is C18H25NO13. The molecule has 14 heteroatoms. The number of aliphatic hydroxyl groups is 7. The molecular weight excluding hydrogens is 438 g/mol. The number of hydrogen-bond donors (Lipinski definition) is 7. The van der Waals surface area contributed by atoms with Crippen molar-refractivity contribution >= 4 is 5.69 Å². The van der Waals surface area contributed by atoms with Crippen LogP contribution in [0.25, 0.3) is 0 Å². The SMILES string of the molecule is O=[N+]([O-])c1ccc(OC2OC(CO)C(O)C(O)C2OC2OC(CO)C(O)C(O)C2O)cc1. The molecule has 10 atom stereocenters. The highest BCUT2D eigenvalue weighted by Crippen LogP contribution is 2.31. The van der Waals surface area contributed by atoms with Crippen LogP contribution in [-0.4, -0.2) is 115 Å². The Morgan fingerprint density at radius 2 is 1.34 bits per heavy atom. The maximum atomic E-state index is 10.8. The van der Waals surface area contributed by atoms with E-state index in [4.69, 9.17) is 18.9 Å². The molecule has 7 N–H and O–H groups in total. The number of hydrogen-bond acceptors (Lipinski definition) is 13. The Morgan fingerprint density at radius 1 is 0.812 bits per heavy atom. The third-order valence-electron chi connectivity index (χ3n) is 5.26.